The van der Waals surface area contributed by atoms with Gasteiger partial charge in [0.2, 0.25) is 5.91 Å². The second kappa shape index (κ2) is 5.75. The largest absolute Gasteiger partial charge is 0.373 e. The Balaban J connectivity index is 2.72. The average molecular weight is 241 g/mol. The third-order valence-electron chi connectivity index (χ3n) is 2.24. The number of carbonyl (C=O) groups is 1. The second-order valence-electron chi connectivity index (χ2n) is 3.74. The second-order valence-corrected chi connectivity index (χ2v) is 4.15. The summed E-state index contributed by atoms with van der Waals surface area (Å²) >= 11 is 6.03. The molecule has 4 heteroatoms. The molecule has 0 radical (unpaired) electrons. The normalized spacial score (nSPS) is 12.0. The summed E-state index contributed by atoms with van der Waals surface area (Å²) in [5.41, 5.74) is 1.90. The highest BCUT2D eigenvalue weighted by Crippen LogP contribution is 2.23. The maximum Gasteiger partial charge on any atom is 0.242 e. The molecule has 1 unspecified atom stereocenters. The van der Waals surface area contributed by atoms with Crippen LogP contribution in [0.25, 0.3) is 0 Å². The lowest BCUT2D eigenvalue weighted by Crippen LogP contribution is -2.37. The molecule has 0 saturated carbocycles. The van der Waals surface area contributed by atoms with E-state index in [2.05, 4.69) is 10.6 Å². The van der Waals surface area contributed by atoms with Gasteiger partial charge in [0, 0.05) is 6.54 Å². The zero-order valence-corrected chi connectivity index (χ0v) is 10.6. The van der Waals surface area contributed by atoms with Crippen molar-refractivity contribution >= 4 is 23.2 Å². The van der Waals surface area contributed by atoms with Crippen molar-refractivity contribution in [2.45, 2.75) is 26.8 Å². The summed E-state index contributed by atoms with van der Waals surface area (Å²) in [7, 11) is 0. The quantitative estimate of drug-likeness (QED) is 0.850. The maximum atomic E-state index is 11.5. The van der Waals surface area contributed by atoms with Gasteiger partial charge in [-0.2, -0.15) is 0 Å². The number of rotatable bonds is 4. The summed E-state index contributed by atoms with van der Waals surface area (Å²) in [5.74, 6) is -0.0277. The van der Waals surface area contributed by atoms with Crippen LogP contribution < -0.4 is 10.6 Å². The fraction of sp³-hybridized carbons (Fsp3) is 0.417. The number of aryl methyl sites for hydroxylation is 1. The number of hydrogen-bond acceptors (Lipinski definition) is 2. The van der Waals surface area contributed by atoms with Gasteiger partial charge < -0.3 is 10.6 Å². The zero-order valence-electron chi connectivity index (χ0n) is 9.80. The van der Waals surface area contributed by atoms with Gasteiger partial charge in [0.05, 0.1) is 10.7 Å². The highest BCUT2D eigenvalue weighted by molar-refractivity contribution is 6.33. The Morgan fingerprint density at radius 1 is 1.50 bits per heavy atom. The molecule has 1 aromatic rings. The minimum atomic E-state index is -0.292. The SMILES string of the molecule is CCNC(=O)C(C)Nc1cc(C)ccc1Cl. The van der Waals surface area contributed by atoms with Crippen molar-refractivity contribution in [2.24, 2.45) is 0 Å². The molecule has 2 N–H and O–H groups in total. The molecular weight excluding hydrogens is 224 g/mol. The van der Waals surface area contributed by atoms with E-state index in [4.69, 9.17) is 11.6 Å². The number of halogens is 1. The standard InChI is InChI=1S/C12H17ClN2O/c1-4-14-12(16)9(3)15-11-7-8(2)5-6-10(11)13/h5-7,9,15H,4H2,1-3H3,(H,14,16). The van der Waals surface area contributed by atoms with Gasteiger partial charge in [-0.05, 0) is 38.5 Å². The van der Waals surface area contributed by atoms with E-state index in [-0.39, 0.29) is 11.9 Å². The molecule has 0 aliphatic carbocycles. The van der Waals surface area contributed by atoms with Crippen molar-refractivity contribution in [3.05, 3.63) is 28.8 Å². The summed E-state index contributed by atoms with van der Waals surface area (Å²) < 4.78 is 0. The third-order valence-corrected chi connectivity index (χ3v) is 2.57. The van der Waals surface area contributed by atoms with Gasteiger partial charge in [-0.3, -0.25) is 4.79 Å². The topological polar surface area (TPSA) is 41.1 Å². The molecule has 88 valence electrons. The first-order chi connectivity index (χ1) is 7.54. The Morgan fingerprint density at radius 2 is 2.19 bits per heavy atom. The molecular formula is C12H17ClN2O. The molecule has 16 heavy (non-hydrogen) atoms. The molecule has 0 aromatic heterocycles. The van der Waals surface area contributed by atoms with E-state index in [0.29, 0.717) is 11.6 Å². The van der Waals surface area contributed by atoms with Gasteiger partial charge in [-0.15, -0.1) is 0 Å². The molecule has 1 rings (SSSR count). The average Bonchev–Trinajstić information content (AvgIpc) is 2.23. The van der Waals surface area contributed by atoms with Crippen LogP contribution in [-0.4, -0.2) is 18.5 Å². The summed E-state index contributed by atoms with van der Waals surface area (Å²) in [6.07, 6.45) is 0. The van der Waals surface area contributed by atoms with E-state index < -0.39 is 0 Å². The minimum absolute atomic E-state index is 0.0277. The Bertz CT molecular complexity index is 379. The Morgan fingerprint density at radius 3 is 2.81 bits per heavy atom. The molecule has 3 nitrogen and oxygen atoms in total. The van der Waals surface area contributed by atoms with Gasteiger partial charge in [0.1, 0.15) is 6.04 Å². The Kier molecular flexibility index (Phi) is 4.62. The van der Waals surface area contributed by atoms with E-state index in [9.17, 15) is 4.79 Å². The van der Waals surface area contributed by atoms with Gasteiger partial charge >= 0.3 is 0 Å². The van der Waals surface area contributed by atoms with Crippen LogP contribution in [-0.2, 0) is 4.79 Å². The first-order valence-electron chi connectivity index (χ1n) is 5.35. The van der Waals surface area contributed by atoms with Crippen LogP contribution in [0.3, 0.4) is 0 Å². The van der Waals surface area contributed by atoms with Gasteiger partial charge in [-0.1, -0.05) is 17.7 Å². The molecule has 1 amide bonds. The van der Waals surface area contributed by atoms with E-state index in [1.807, 2.05) is 39.0 Å². The van der Waals surface area contributed by atoms with E-state index >= 15 is 0 Å². The van der Waals surface area contributed by atoms with Crippen LogP contribution in [0.2, 0.25) is 5.02 Å². The first kappa shape index (κ1) is 12.8. The zero-order chi connectivity index (χ0) is 12.1. The number of carbonyl (C=O) groups excluding carboxylic acids is 1. The third kappa shape index (κ3) is 3.42. The maximum absolute atomic E-state index is 11.5. The molecule has 1 atom stereocenters. The fourth-order valence-corrected chi connectivity index (χ4v) is 1.55. The van der Waals surface area contributed by atoms with Crippen LogP contribution in [0.4, 0.5) is 5.69 Å². The predicted molar refractivity (Wildman–Crippen MR) is 68.0 cm³/mol. The highest BCUT2D eigenvalue weighted by Gasteiger charge is 2.12. The fourth-order valence-electron chi connectivity index (χ4n) is 1.38. The summed E-state index contributed by atoms with van der Waals surface area (Å²) in [5, 5.41) is 6.47. The van der Waals surface area contributed by atoms with Gasteiger partial charge in [-0.25, -0.2) is 0 Å². The molecule has 0 bridgehead atoms. The van der Waals surface area contributed by atoms with Crippen LogP contribution in [0.5, 0.6) is 0 Å². The number of likely N-dealkylation sites (N-methyl/N-ethyl adjacent to an activating group) is 1. The lowest BCUT2D eigenvalue weighted by Gasteiger charge is -2.16. The van der Waals surface area contributed by atoms with Crippen molar-refractivity contribution in [1.82, 2.24) is 5.32 Å². The lowest BCUT2D eigenvalue weighted by atomic mass is 10.2. The number of nitrogens with one attached hydrogen (secondary N) is 2. The molecule has 0 spiro atoms. The van der Waals surface area contributed by atoms with Crippen molar-refractivity contribution in [3.63, 3.8) is 0 Å². The molecule has 1 aromatic carbocycles. The van der Waals surface area contributed by atoms with Gasteiger partial charge in [0.15, 0.2) is 0 Å². The number of hydrogen-bond donors (Lipinski definition) is 2. The monoisotopic (exact) mass is 240 g/mol. The van der Waals surface area contributed by atoms with Crippen LogP contribution >= 0.6 is 11.6 Å². The van der Waals surface area contributed by atoms with Crippen molar-refractivity contribution in [3.8, 4) is 0 Å². The number of amides is 1. The van der Waals surface area contributed by atoms with Crippen molar-refractivity contribution in [2.75, 3.05) is 11.9 Å². The smallest absolute Gasteiger partial charge is 0.242 e. The molecule has 0 aliphatic heterocycles. The van der Waals surface area contributed by atoms with E-state index in [0.717, 1.165) is 11.3 Å². The summed E-state index contributed by atoms with van der Waals surface area (Å²) in [6.45, 7) is 6.32. The van der Waals surface area contributed by atoms with Crippen molar-refractivity contribution < 1.29 is 4.79 Å². The Hall–Kier alpha value is -1.22. The molecule has 0 fully saturated rings. The summed E-state index contributed by atoms with van der Waals surface area (Å²) in [4.78, 5) is 11.5. The number of anilines is 1. The lowest BCUT2D eigenvalue weighted by molar-refractivity contribution is -0.121. The first-order valence-corrected chi connectivity index (χ1v) is 5.72. The molecule has 0 aliphatic rings. The number of benzene rings is 1. The van der Waals surface area contributed by atoms with E-state index in [1.54, 1.807) is 0 Å². The van der Waals surface area contributed by atoms with E-state index in [1.165, 1.54) is 0 Å². The highest BCUT2D eigenvalue weighted by atomic mass is 35.5. The van der Waals surface area contributed by atoms with Crippen LogP contribution in [0, 0.1) is 6.92 Å². The van der Waals surface area contributed by atoms with Crippen molar-refractivity contribution in [1.29, 1.82) is 0 Å². The van der Waals surface area contributed by atoms with Gasteiger partial charge in [0.25, 0.3) is 0 Å². The van der Waals surface area contributed by atoms with Crippen LogP contribution in [0.15, 0.2) is 18.2 Å². The minimum Gasteiger partial charge on any atom is -0.373 e. The van der Waals surface area contributed by atoms with Crippen LogP contribution in [0.1, 0.15) is 19.4 Å². The molecule has 0 heterocycles. The Labute approximate surface area is 101 Å². The molecule has 0 saturated heterocycles. The summed E-state index contributed by atoms with van der Waals surface area (Å²) in [6, 6.07) is 5.39. The predicted octanol–water partition coefficient (Wildman–Crippen LogP) is 2.58.